The molecule has 0 bridgehead atoms. The van der Waals surface area contributed by atoms with E-state index in [0.29, 0.717) is 34.9 Å². The summed E-state index contributed by atoms with van der Waals surface area (Å²) in [6.07, 6.45) is 4.05. The quantitative estimate of drug-likeness (QED) is 0.0940. The van der Waals surface area contributed by atoms with Gasteiger partial charge in [0.25, 0.3) is 0 Å². The third-order valence-electron chi connectivity index (χ3n) is 25.8. The molecule has 0 saturated heterocycles. The van der Waals surface area contributed by atoms with Crippen LogP contribution in [0.15, 0.2) is 473 Å². The van der Waals surface area contributed by atoms with Crippen LogP contribution in [0.25, 0.3) is 253 Å². The Kier molecular flexibility index (Phi) is 20.4. The summed E-state index contributed by atoms with van der Waals surface area (Å²) < 4.78 is 9.63. The Morgan fingerprint density at radius 3 is 0.941 bits per heavy atom. The second kappa shape index (κ2) is 34.6. The van der Waals surface area contributed by atoms with Gasteiger partial charge in [0.1, 0.15) is 0 Å². The van der Waals surface area contributed by atoms with Crippen LogP contribution < -0.4 is 0 Å². The number of nitrogens with zero attached hydrogens (tertiary/aromatic N) is 10. The topological polar surface area (TPSA) is 113 Å². The van der Waals surface area contributed by atoms with Gasteiger partial charge in [-0.05, 0) is 134 Å². The molecule has 0 N–H and O–H groups in total. The normalized spacial score (nSPS) is 11.5. The van der Waals surface area contributed by atoms with E-state index < -0.39 is 0 Å². The van der Waals surface area contributed by atoms with Gasteiger partial charge in [0.15, 0.2) is 34.9 Å². The van der Waals surface area contributed by atoms with Crippen LogP contribution in [0.5, 0.6) is 0 Å². The van der Waals surface area contributed by atoms with E-state index in [9.17, 15) is 0 Å². The van der Waals surface area contributed by atoms with Crippen molar-refractivity contribution in [3.8, 4) is 169 Å². The predicted octanol–water partition coefficient (Wildman–Crippen LogP) is 32.8. The van der Waals surface area contributed by atoms with E-state index in [2.05, 4.69) is 373 Å². The summed E-state index contributed by atoms with van der Waals surface area (Å²) in [6.45, 7) is 0. The third-order valence-corrected chi connectivity index (χ3v) is 28.1. The van der Waals surface area contributed by atoms with Gasteiger partial charge in [0, 0.05) is 141 Å². The van der Waals surface area contributed by atoms with E-state index in [0.717, 1.165) is 139 Å². The monoisotopic (exact) mass is 1770 g/mol. The molecule has 12 heteroatoms. The highest BCUT2D eigenvalue weighted by Gasteiger charge is 2.28. The van der Waals surface area contributed by atoms with Crippen molar-refractivity contribution in [3.05, 3.63) is 473 Å². The fourth-order valence-electron chi connectivity index (χ4n) is 19.5. The van der Waals surface area contributed by atoms with E-state index in [1.165, 1.54) is 79.3 Å². The van der Waals surface area contributed by atoms with E-state index in [1.807, 2.05) is 132 Å². The van der Waals surface area contributed by atoms with Gasteiger partial charge in [-0.15, -0.1) is 22.7 Å². The van der Waals surface area contributed by atoms with Gasteiger partial charge in [-0.2, -0.15) is 0 Å². The molecule has 10 nitrogen and oxygen atoms in total. The molecule has 0 saturated carbocycles. The van der Waals surface area contributed by atoms with Crippen molar-refractivity contribution in [1.82, 2.24) is 49.0 Å². The van der Waals surface area contributed by atoms with E-state index in [4.69, 9.17) is 39.9 Å². The van der Waals surface area contributed by atoms with Crippen LogP contribution in [-0.2, 0) is 0 Å². The van der Waals surface area contributed by atoms with Crippen LogP contribution in [0.3, 0.4) is 0 Å². The molecule has 0 atom stereocenters. The molecule has 636 valence electrons. The lowest BCUT2D eigenvalue weighted by Gasteiger charge is -2.16. The van der Waals surface area contributed by atoms with Gasteiger partial charge in [-0.3, -0.25) is 9.97 Å². The number of hydrogen-bond acceptors (Lipinski definition) is 10. The number of para-hydroxylation sites is 4. The van der Waals surface area contributed by atoms with Crippen LogP contribution in [0.1, 0.15) is 0 Å². The molecule has 0 aliphatic rings. The Morgan fingerprint density at radius 1 is 0.176 bits per heavy atom. The number of rotatable bonds is 16. The molecule has 26 rings (SSSR count). The molecule has 26 aromatic rings. The Labute approximate surface area is 792 Å². The average molecular weight is 1770 g/mol. The van der Waals surface area contributed by atoms with Crippen molar-refractivity contribution in [2.24, 2.45) is 0 Å². The molecule has 0 radical (unpaired) electrons. The van der Waals surface area contributed by atoms with Crippen LogP contribution in [0.4, 0.5) is 0 Å². The predicted molar refractivity (Wildman–Crippen MR) is 566 cm³/mol. The second-order valence-electron chi connectivity index (χ2n) is 33.9. The van der Waals surface area contributed by atoms with Crippen LogP contribution in [0, 0.1) is 0 Å². The number of benzene rings is 18. The first kappa shape index (κ1) is 80.4. The molecule has 0 unspecified atom stereocenters. The first-order chi connectivity index (χ1) is 67.4. The molecular weight excluding hydrogens is 1690 g/mol. The highest BCUT2D eigenvalue weighted by atomic mass is 32.1. The smallest absolute Gasteiger partial charge is 0.166 e. The molecule has 0 fully saturated rings. The van der Waals surface area contributed by atoms with E-state index >= 15 is 0 Å². The minimum absolute atomic E-state index is 0.548. The lowest BCUT2D eigenvalue weighted by Crippen LogP contribution is -2.02. The summed E-state index contributed by atoms with van der Waals surface area (Å²) in [6, 6.07) is 162. The molecule has 8 heterocycles. The van der Waals surface area contributed by atoms with E-state index in [1.54, 1.807) is 0 Å². The summed E-state index contributed by atoms with van der Waals surface area (Å²) in [5, 5.41) is 9.80. The van der Waals surface area contributed by atoms with Crippen LogP contribution in [0.2, 0.25) is 0 Å². The molecule has 0 spiro atoms. The standard InChI is InChI=1S/2C62H39N5S/c1-6-19-40(20-7-1)44-33-34-47(41-21-8-2-9-22-41)52(37-44)45-38-53(62-65-60(42-23-10-3-11-24-42)64-61(66-62)43-25-12-4-13-26-43)57(63-39-45)51-31-18-30-50-56-55(68-59(50)51)36-35-49-48-29-16-17-32-54(48)67(58(49)56)46-27-14-5-15-28-46;1-6-18-40(19-7-1)44-30-32-48(41-20-8-2-9-21-41)52(36-44)46-37-53(62-65-60(42-22-10-3-11-23-42)64-61(66-62)43-24-12-4-13-25-43)58(63-39-46)45-31-33-51-56(38-45)68-55-35-34-50-49-28-16-17-29-54(49)67(59(50)57(51)55)47-26-14-5-15-27-47/h2*1-39H. The number of hydrogen-bond donors (Lipinski definition) is 0. The lowest BCUT2D eigenvalue weighted by molar-refractivity contribution is 1.07. The maximum atomic E-state index is 5.53. The van der Waals surface area contributed by atoms with Crippen LogP contribution >= 0.6 is 22.7 Å². The Bertz CT molecular complexity index is 8940. The minimum atomic E-state index is 0.548. The van der Waals surface area contributed by atoms with Crippen molar-refractivity contribution < 1.29 is 0 Å². The van der Waals surface area contributed by atoms with Gasteiger partial charge in [0.2, 0.25) is 0 Å². The van der Waals surface area contributed by atoms with Crippen molar-refractivity contribution in [3.63, 3.8) is 0 Å². The number of fused-ring (bicyclic) bond motifs is 14. The van der Waals surface area contributed by atoms with Crippen LogP contribution in [-0.4, -0.2) is 49.0 Å². The van der Waals surface area contributed by atoms with Crippen molar-refractivity contribution in [1.29, 1.82) is 0 Å². The highest BCUT2D eigenvalue weighted by molar-refractivity contribution is 7.26. The molecule has 136 heavy (non-hydrogen) atoms. The van der Waals surface area contributed by atoms with Gasteiger partial charge < -0.3 is 9.13 Å². The first-order valence-corrected chi connectivity index (χ1v) is 47.2. The fourth-order valence-corrected chi connectivity index (χ4v) is 21.8. The summed E-state index contributed by atoms with van der Waals surface area (Å²) >= 11 is 3.63. The number of aromatic nitrogens is 10. The molecule has 0 aliphatic heterocycles. The zero-order valence-corrected chi connectivity index (χ0v) is 75.0. The largest absolute Gasteiger partial charge is 0.309 e. The average Bonchev–Trinajstić information content (AvgIpc) is 1.58. The maximum Gasteiger partial charge on any atom is 0.166 e. The van der Waals surface area contributed by atoms with Crippen molar-refractivity contribution in [2.75, 3.05) is 0 Å². The van der Waals surface area contributed by atoms with Gasteiger partial charge in [-0.1, -0.05) is 382 Å². The van der Waals surface area contributed by atoms with Crippen molar-refractivity contribution >= 4 is 107 Å². The Hall–Kier alpha value is -17.7. The van der Waals surface area contributed by atoms with Gasteiger partial charge >= 0.3 is 0 Å². The number of pyridine rings is 2. The summed E-state index contributed by atoms with van der Waals surface area (Å²) in [4.78, 5) is 42.4. The fraction of sp³-hybridized carbons (Fsp3) is 0. The molecule has 8 aromatic heterocycles. The summed E-state index contributed by atoms with van der Waals surface area (Å²) in [7, 11) is 0. The molecular formula is C124H78N10S2. The summed E-state index contributed by atoms with van der Waals surface area (Å²) in [5.74, 6) is 3.48. The first-order valence-electron chi connectivity index (χ1n) is 45.6. The zero-order valence-electron chi connectivity index (χ0n) is 73.3. The van der Waals surface area contributed by atoms with Gasteiger partial charge in [-0.25, -0.2) is 29.9 Å². The summed E-state index contributed by atoms with van der Waals surface area (Å²) in [5.41, 5.74) is 29.0. The maximum absolute atomic E-state index is 5.53. The molecule has 0 aliphatic carbocycles. The Morgan fingerprint density at radius 2 is 0.507 bits per heavy atom. The second-order valence-corrected chi connectivity index (χ2v) is 36.1. The van der Waals surface area contributed by atoms with E-state index in [-0.39, 0.29) is 0 Å². The van der Waals surface area contributed by atoms with Crippen molar-refractivity contribution in [2.45, 2.75) is 0 Å². The Balaban J connectivity index is 0.000000145. The SMILES string of the molecule is c1ccc(-c2ccc(-c3ccccc3)c(-c3cnc(-c4ccc5c(c4)sc4ccc6c7ccccc7n(-c7ccccc7)c6c45)c(-c4nc(-c5ccccc5)nc(-c5ccccc5)n4)c3)c2)cc1.c1ccc(-c2ccc(-c3ccccc3)c(-c3cnc(-c4cccc5c4sc4ccc6c7ccccc7n(-c7ccccc7)c6c45)c(-c4nc(-c5ccccc5)nc(-c5ccccc5)n4)c3)c2)cc1. The lowest BCUT2D eigenvalue weighted by atomic mass is 9.90. The third kappa shape index (κ3) is 14.6. The highest BCUT2D eigenvalue weighted by Crippen LogP contribution is 2.51. The minimum Gasteiger partial charge on any atom is -0.309 e. The molecule has 0 amide bonds. The van der Waals surface area contributed by atoms with Gasteiger partial charge in [0.05, 0.1) is 33.5 Å². The number of thiophene rings is 2. The zero-order chi connectivity index (χ0) is 89.9. The molecule has 18 aromatic carbocycles.